The van der Waals surface area contributed by atoms with Crippen LogP contribution in [0.3, 0.4) is 0 Å². The fourth-order valence-electron chi connectivity index (χ4n) is 3.81. The van der Waals surface area contributed by atoms with E-state index in [1.54, 1.807) is 4.90 Å². The summed E-state index contributed by atoms with van der Waals surface area (Å²) >= 11 is 0. The van der Waals surface area contributed by atoms with Gasteiger partial charge in [0.25, 0.3) is 5.91 Å². The van der Waals surface area contributed by atoms with Crippen molar-refractivity contribution in [2.75, 3.05) is 6.54 Å². The molecular weight excluding hydrogens is 364 g/mol. The van der Waals surface area contributed by atoms with Crippen LogP contribution in [0.25, 0.3) is 11.0 Å². The van der Waals surface area contributed by atoms with Crippen molar-refractivity contribution in [1.29, 1.82) is 0 Å². The van der Waals surface area contributed by atoms with Gasteiger partial charge in [0, 0.05) is 25.1 Å². The van der Waals surface area contributed by atoms with Crippen molar-refractivity contribution in [2.45, 2.75) is 39.3 Å². The normalized spacial score (nSPS) is 15.4. The summed E-state index contributed by atoms with van der Waals surface area (Å²) < 4.78 is 0. The van der Waals surface area contributed by atoms with E-state index in [2.05, 4.69) is 29.1 Å². The van der Waals surface area contributed by atoms with Crippen LogP contribution in [0.4, 0.5) is 0 Å². The summed E-state index contributed by atoms with van der Waals surface area (Å²) in [6, 6.07) is 15.3. The third kappa shape index (κ3) is 3.88. The zero-order chi connectivity index (χ0) is 20.4. The first-order valence-electron chi connectivity index (χ1n) is 10.2. The van der Waals surface area contributed by atoms with Crippen LogP contribution in [0.2, 0.25) is 0 Å². The first-order valence-corrected chi connectivity index (χ1v) is 10.2. The van der Waals surface area contributed by atoms with Crippen LogP contribution in [0, 0.1) is 5.92 Å². The highest BCUT2D eigenvalue weighted by Crippen LogP contribution is 2.25. The van der Waals surface area contributed by atoms with Crippen molar-refractivity contribution in [3.63, 3.8) is 0 Å². The lowest BCUT2D eigenvalue weighted by Gasteiger charge is -2.23. The molecule has 6 heteroatoms. The Labute approximate surface area is 170 Å². The van der Waals surface area contributed by atoms with E-state index in [9.17, 15) is 9.59 Å². The van der Waals surface area contributed by atoms with Gasteiger partial charge in [0.2, 0.25) is 5.91 Å². The quantitative estimate of drug-likeness (QED) is 0.644. The molecule has 2 N–H and O–H groups in total. The fourth-order valence-corrected chi connectivity index (χ4v) is 3.81. The molecule has 0 radical (unpaired) electrons. The van der Waals surface area contributed by atoms with Crippen molar-refractivity contribution >= 4 is 22.8 Å². The molecule has 2 aromatic carbocycles. The maximum atomic E-state index is 12.7. The van der Waals surface area contributed by atoms with Crippen LogP contribution >= 0.6 is 0 Å². The van der Waals surface area contributed by atoms with Crippen molar-refractivity contribution in [1.82, 2.24) is 20.2 Å². The van der Waals surface area contributed by atoms with E-state index in [0.29, 0.717) is 13.1 Å². The number of fused-ring (bicyclic) bond motifs is 2. The highest BCUT2D eigenvalue weighted by atomic mass is 16.2. The Kier molecular flexibility index (Phi) is 5.34. The Bertz CT molecular complexity index is 1010. The molecule has 0 bridgehead atoms. The van der Waals surface area contributed by atoms with Crippen molar-refractivity contribution in [3.8, 4) is 0 Å². The summed E-state index contributed by atoms with van der Waals surface area (Å²) in [6.45, 7) is 5.19. The standard InChI is InChI=1S/C23H26N4O2/c1-3-15(2)21(22-24-18-10-6-7-11-19(18)25-22)26-20(28)12-13-27-14-16-8-4-5-9-17(16)23(27)29/h4-11,15,21H,3,12-14H2,1-2H3,(H,24,25)(H,26,28). The molecule has 0 saturated carbocycles. The Hall–Kier alpha value is -3.15. The van der Waals surface area contributed by atoms with Gasteiger partial charge in [-0.15, -0.1) is 0 Å². The van der Waals surface area contributed by atoms with Gasteiger partial charge in [-0.3, -0.25) is 9.59 Å². The number of amides is 2. The van der Waals surface area contributed by atoms with E-state index >= 15 is 0 Å². The summed E-state index contributed by atoms with van der Waals surface area (Å²) in [6.07, 6.45) is 1.19. The second-order valence-electron chi connectivity index (χ2n) is 7.70. The molecule has 1 aliphatic heterocycles. The van der Waals surface area contributed by atoms with E-state index in [0.717, 1.165) is 34.4 Å². The molecule has 0 spiro atoms. The number of hydrogen-bond acceptors (Lipinski definition) is 3. The number of benzene rings is 2. The lowest BCUT2D eigenvalue weighted by atomic mass is 9.98. The van der Waals surface area contributed by atoms with Crippen LogP contribution in [0.1, 0.15) is 54.5 Å². The number of carbonyl (C=O) groups is 2. The fraction of sp³-hybridized carbons (Fsp3) is 0.348. The molecule has 1 aromatic heterocycles. The predicted molar refractivity (Wildman–Crippen MR) is 112 cm³/mol. The highest BCUT2D eigenvalue weighted by molar-refractivity contribution is 5.98. The number of H-pyrrole nitrogens is 1. The summed E-state index contributed by atoms with van der Waals surface area (Å²) in [4.78, 5) is 35.0. The molecular formula is C23H26N4O2. The number of aromatic nitrogens is 2. The monoisotopic (exact) mass is 390 g/mol. The average molecular weight is 390 g/mol. The zero-order valence-electron chi connectivity index (χ0n) is 16.8. The SMILES string of the molecule is CCC(C)C(NC(=O)CCN1Cc2ccccc2C1=O)c1nc2ccccc2[nH]1. The molecule has 2 heterocycles. The number of aromatic amines is 1. The second kappa shape index (κ2) is 8.07. The summed E-state index contributed by atoms with van der Waals surface area (Å²) in [5.41, 5.74) is 3.63. The van der Waals surface area contributed by atoms with Crippen molar-refractivity contribution in [2.24, 2.45) is 5.92 Å². The van der Waals surface area contributed by atoms with Crippen LogP contribution in [-0.2, 0) is 11.3 Å². The van der Waals surface area contributed by atoms with E-state index in [1.165, 1.54) is 0 Å². The van der Waals surface area contributed by atoms with Gasteiger partial charge in [0.15, 0.2) is 0 Å². The minimum Gasteiger partial charge on any atom is -0.346 e. The number of carbonyl (C=O) groups excluding carboxylic acids is 2. The Morgan fingerprint density at radius 3 is 2.72 bits per heavy atom. The number of para-hydroxylation sites is 2. The molecule has 4 rings (SSSR count). The van der Waals surface area contributed by atoms with Gasteiger partial charge in [-0.2, -0.15) is 0 Å². The number of rotatable bonds is 7. The first-order chi connectivity index (χ1) is 14.1. The summed E-state index contributed by atoms with van der Waals surface area (Å²) in [5.74, 6) is 0.944. The molecule has 1 aliphatic rings. The van der Waals surface area contributed by atoms with Gasteiger partial charge in [-0.25, -0.2) is 4.98 Å². The summed E-state index contributed by atoms with van der Waals surface area (Å²) in [5, 5.41) is 3.13. The molecule has 0 aliphatic carbocycles. The Balaban J connectivity index is 1.42. The van der Waals surface area contributed by atoms with Crippen LogP contribution in [0.15, 0.2) is 48.5 Å². The smallest absolute Gasteiger partial charge is 0.254 e. The maximum absolute atomic E-state index is 12.7. The molecule has 150 valence electrons. The van der Waals surface area contributed by atoms with Gasteiger partial charge >= 0.3 is 0 Å². The first kappa shape index (κ1) is 19.2. The molecule has 2 amide bonds. The van der Waals surface area contributed by atoms with Crippen LogP contribution < -0.4 is 5.32 Å². The van der Waals surface area contributed by atoms with Gasteiger partial charge in [0.05, 0.1) is 17.1 Å². The summed E-state index contributed by atoms with van der Waals surface area (Å²) in [7, 11) is 0. The molecule has 6 nitrogen and oxygen atoms in total. The number of hydrogen-bond donors (Lipinski definition) is 2. The zero-order valence-corrected chi connectivity index (χ0v) is 16.8. The molecule has 29 heavy (non-hydrogen) atoms. The lowest BCUT2D eigenvalue weighted by molar-refractivity contribution is -0.122. The average Bonchev–Trinajstić information content (AvgIpc) is 3.31. The second-order valence-corrected chi connectivity index (χ2v) is 7.70. The maximum Gasteiger partial charge on any atom is 0.254 e. The van der Waals surface area contributed by atoms with Gasteiger partial charge in [-0.1, -0.05) is 50.6 Å². The minimum absolute atomic E-state index is 0.00385. The molecule has 0 saturated heterocycles. The Morgan fingerprint density at radius 1 is 1.21 bits per heavy atom. The van der Waals surface area contributed by atoms with Gasteiger partial charge in [0.1, 0.15) is 5.82 Å². The van der Waals surface area contributed by atoms with Crippen LogP contribution in [0.5, 0.6) is 0 Å². The highest BCUT2D eigenvalue weighted by Gasteiger charge is 2.28. The number of imidazole rings is 1. The van der Waals surface area contributed by atoms with Crippen molar-refractivity contribution < 1.29 is 9.59 Å². The minimum atomic E-state index is -0.189. The number of nitrogens with zero attached hydrogens (tertiary/aromatic N) is 2. The third-order valence-corrected chi connectivity index (χ3v) is 5.74. The van der Waals surface area contributed by atoms with E-state index < -0.39 is 0 Å². The molecule has 3 aromatic rings. The molecule has 2 atom stereocenters. The van der Waals surface area contributed by atoms with Gasteiger partial charge < -0.3 is 15.2 Å². The van der Waals surface area contributed by atoms with Crippen LogP contribution in [-0.4, -0.2) is 33.2 Å². The van der Waals surface area contributed by atoms with E-state index in [4.69, 9.17) is 0 Å². The van der Waals surface area contributed by atoms with E-state index in [1.807, 2.05) is 48.5 Å². The van der Waals surface area contributed by atoms with Crippen molar-refractivity contribution in [3.05, 3.63) is 65.5 Å². The largest absolute Gasteiger partial charge is 0.346 e. The number of nitrogens with one attached hydrogen (secondary N) is 2. The topological polar surface area (TPSA) is 78.1 Å². The molecule has 0 fully saturated rings. The third-order valence-electron chi connectivity index (χ3n) is 5.74. The lowest BCUT2D eigenvalue weighted by Crippen LogP contribution is -2.36. The predicted octanol–water partition coefficient (Wildman–Crippen LogP) is 3.81. The van der Waals surface area contributed by atoms with Gasteiger partial charge in [-0.05, 0) is 29.7 Å². The Morgan fingerprint density at radius 2 is 1.97 bits per heavy atom. The van der Waals surface area contributed by atoms with E-state index in [-0.39, 0.29) is 30.2 Å². The molecule has 2 unspecified atom stereocenters.